The summed E-state index contributed by atoms with van der Waals surface area (Å²) in [6.45, 7) is 4.43. The highest BCUT2D eigenvalue weighted by atomic mass is 16.5. The maximum Gasteiger partial charge on any atom is 0.241 e. The number of carbonyl (C=O) groups excluding carboxylic acids is 1. The minimum Gasteiger partial charge on any atom is -0.379 e. The molecule has 5 nitrogen and oxygen atoms in total. The molecule has 0 atom stereocenters. The molecule has 1 aliphatic rings. The number of nitrogens with zero attached hydrogens (tertiary/aromatic N) is 2. The number of benzene rings is 1. The molecule has 1 aliphatic heterocycles. The number of anilines is 1. The molecule has 0 aromatic heterocycles. The minimum atomic E-state index is -0.0422. The summed E-state index contributed by atoms with van der Waals surface area (Å²) in [5, 5.41) is 1.24. The Labute approximate surface area is 113 Å². The van der Waals surface area contributed by atoms with Gasteiger partial charge in [-0.25, -0.2) is 10.9 Å². The van der Waals surface area contributed by atoms with Gasteiger partial charge < -0.3 is 4.74 Å². The molecule has 1 heterocycles. The van der Waals surface area contributed by atoms with Gasteiger partial charge >= 0.3 is 0 Å². The first-order chi connectivity index (χ1) is 9.27. The van der Waals surface area contributed by atoms with Crippen LogP contribution >= 0.6 is 0 Å². The fourth-order valence-electron chi connectivity index (χ4n) is 2.13. The van der Waals surface area contributed by atoms with Gasteiger partial charge in [-0.3, -0.25) is 9.69 Å². The molecular weight excluding hydrogens is 242 g/mol. The maximum absolute atomic E-state index is 11.9. The van der Waals surface area contributed by atoms with Crippen LogP contribution in [-0.2, 0) is 9.53 Å². The lowest BCUT2D eigenvalue weighted by Crippen LogP contribution is -2.39. The van der Waals surface area contributed by atoms with Gasteiger partial charge in [0.05, 0.1) is 18.9 Å². The molecule has 1 fully saturated rings. The number of hydrogen-bond acceptors (Lipinski definition) is 4. The van der Waals surface area contributed by atoms with E-state index >= 15 is 0 Å². The van der Waals surface area contributed by atoms with E-state index < -0.39 is 0 Å². The predicted molar refractivity (Wildman–Crippen MR) is 74.6 cm³/mol. The van der Waals surface area contributed by atoms with Gasteiger partial charge in [0.25, 0.3) is 0 Å². The molecule has 1 aromatic rings. The van der Waals surface area contributed by atoms with Gasteiger partial charge in [0.15, 0.2) is 0 Å². The van der Waals surface area contributed by atoms with Crippen LogP contribution in [0.1, 0.15) is 12.8 Å². The molecule has 19 heavy (non-hydrogen) atoms. The molecule has 0 saturated carbocycles. The number of nitrogens with two attached hydrogens (primary N) is 1. The number of hydrogen-bond donors (Lipinski definition) is 1. The van der Waals surface area contributed by atoms with Crippen LogP contribution in [0.2, 0.25) is 0 Å². The Hall–Kier alpha value is -1.43. The summed E-state index contributed by atoms with van der Waals surface area (Å²) in [6.07, 6.45) is 1.31. The van der Waals surface area contributed by atoms with Crippen molar-refractivity contribution in [2.45, 2.75) is 12.8 Å². The Morgan fingerprint density at radius 2 is 1.95 bits per heavy atom. The zero-order chi connectivity index (χ0) is 13.5. The lowest BCUT2D eigenvalue weighted by atomic mass is 10.2. The molecule has 104 valence electrons. The second-order valence-corrected chi connectivity index (χ2v) is 4.66. The molecule has 2 N–H and O–H groups in total. The Balaban J connectivity index is 1.72. The van der Waals surface area contributed by atoms with Crippen LogP contribution < -0.4 is 10.9 Å². The third kappa shape index (κ3) is 4.31. The molecule has 1 saturated heterocycles. The van der Waals surface area contributed by atoms with Crippen LogP contribution in [0.5, 0.6) is 0 Å². The quantitative estimate of drug-likeness (QED) is 0.489. The minimum absolute atomic E-state index is 0.0422. The summed E-state index contributed by atoms with van der Waals surface area (Å²) in [5.41, 5.74) is 0.735. The highest BCUT2D eigenvalue weighted by Gasteiger charge is 2.13. The average molecular weight is 263 g/mol. The van der Waals surface area contributed by atoms with Crippen molar-refractivity contribution >= 4 is 11.6 Å². The van der Waals surface area contributed by atoms with Crippen LogP contribution in [-0.4, -0.2) is 43.7 Å². The molecule has 0 spiro atoms. The number of ether oxygens (including phenoxy) is 1. The number of carbonyl (C=O) groups is 1. The van der Waals surface area contributed by atoms with E-state index in [-0.39, 0.29) is 5.91 Å². The normalized spacial score (nSPS) is 16.3. The predicted octanol–water partition coefficient (Wildman–Crippen LogP) is 1.01. The van der Waals surface area contributed by atoms with Gasteiger partial charge in [0, 0.05) is 19.5 Å². The van der Waals surface area contributed by atoms with E-state index in [1.165, 1.54) is 5.01 Å². The van der Waals surface area contributed by atoms with Gasteiger partial charge in [-0.2, -0.15) is 0 Å². The van der Waals surface area contributed by atoms with E-state index in [2.05, 4.69) is 4.90 Å². The Morgan fingerprint density at radius 3 is 2.63 bits per heavy atom. The number of amides is 1. The van der Waals surface area contributed by atoms with Gasteiger partial charge in [-0.1, -0.05) is 18.2 Å². The molecule has 0 radical (unpaired) electrons. The van der Waals surface area contributed by atoms with Crippen molar-refractivity contribution in [2.24, 2.45) is 5.84 Å². The zero-order valence-electron chi connectivity index (χ0n) is 11.1. The molecule has 0 bridgehead atoms. The summed E-state index contributed by atoms with van der Waals surface area (Å²) >= 11 is 0. The first-order valence-electron chi connectivity index (χ1n) is 6.70. The molecule has 1 aromatic carbocycles. The summed E-state index contributed by atoms with van der Waals surface area (Å²) in [4.78, 5) is 14.3. The molecular formula is C14H21N3O2. The van der Waals surface area contributed by atoms with Crippen LogP contribution in [0.15, 0.2) is 30.3 Å². The highest BCUT2D eigenvalue weighted by molar-refractivity contribution is 5.91. The van der Waals surface area contributed by atoms with Crippen LogP contribution in [0.4, 0.5) is 5.69 Å². The second-order valence-electron chi connectivity index (χ2n) is 4.66. The van der Waals surface area contributed by atoms with Gasteiger partial charge in [-0.15, -0.1) is 0 Å². The van der Waals surface area contributed by atoms with Crippen molar-refractivity contribution in [3.05, 3.63) is 30.3 Å². The summed E-state index contributed by atoms with van der Waals surface area (Å²) < 4.78 is 5.29. The zero-order valence-corrected chi connectivity index (χ0v) is 11.1. The SMILES string of the molecule is NN(C(=O)CCCN1CCOCC1)c1ccccc1. The van der Waals surface area contributed by atoms with E-state index in [0.29, 0.717) is 6.42 Å². The smallest absolute Gasteiger partial charge is 0.241 e. The van der Waals surface area contributed by atoms with Crippen molar-refractivity contribution < 1.29 is 9.53 Å². The molecule has 5 heteroatoms. The lowest BCUT2D eigenvalue weighted by Gasteiger charge is -2.26. The van der Waals surface area contributed by atoms with E-state index in [1.807, 2.05) is 30.3 Å². The van der Waals surface area contributed by atoms with Crippen LogP contribution in [0.3, 0.4) is 0 Å². The first kappa shape index (κ1) is 14.0. The number of para-hydroxylation sites is 1. The third-order valence-corrected chi connectivity index (χ3v) is 3.27. The third-order valence-electron chi connectivity index (χ3n) is 3.27. The first-order valence-corrected chi connectivity index (χ1v) is 6.70. The summed E-state index contributed by atoms with van der Waals surface area (Å²) in [6, 6.07) is 9.31. The molecule has 1 amide bonds. The maximum atomic E-state index is 11.9. The van der Waals surface area contributed by atoms with E-state index in [4.69, 9.17) is 10.6 Å². The standard InChI is InChI=1S/C14H21N3O2/c15-17(13-5-2-1-3-6-13)14(18)7-4-8-16-9-11-19-12-10-16/h1-3,5-6H,4,7-12,15H2. The van der Waals surface area contributed by atoms with Gasteiger partial charge in [-0.05, 0) is 25.1 Å². The highest BCUT2D eigenvalue weighted by Crippen LogP contribution is 2.11. The Bertz CT molecular complexity index is 391. The van der Waals surface area contributed by atoms with Crippen molar-refractivity contribution in [1.82, 2.24) is 4.90 Å². The molecule has 0 aliphatic carbocycles. The number of rotatable bonds is 5. The van der Waals surface area contributed by atoms with Crippen molar-refractivity contribution in [3.8, 4) is 0 Å². The largest absolute Gasteiger partial charge is 0.379 e. The Morgan fingerprint density at radius 1 is 1.26 bits per heavy atom. The van der Waals surface area contributed by atoms with Gasteiger partial charge in [0.1, 0.15) is 0 Å². The van der Waals surface area contributed by atoms with E-state index in [9.17, 15) is 4.79 Å². The summed E-state index contributed by atoms with van der Waals surface area (Å²) in [5.74, 6) is 5.77. The Kier molecular flexibility index (Phi) is 5.32. The van der Waals surface area contributed by atoms with E-state index in [1.54, 1.807) is 0 Å². The average Bonchev–Trinajstić information content (AvgIpc) is 2.48. The monoisotopic (exact) mass is 263 g/mol. The summed E-state index contributed by atoms with van der Waals surface area (Å²) in [7, 11) is 0. The number of hydrazine groups is 1. The topological polar surface area (TPSA) is 58.8 Å². The molecule has 0 unspecified atom stereocenters. The van der Waals surface area contributed by atoms with Gasteiger partial charge in [0.2, 0.25) is 5.91 Å². The van der Waals surface area contributed by atoms with E-state index in [0.717, 1.165) is 45.0 Å². The fourth-order valence-corrected chi connectivity index (χ4v) is 2.13. The van der Waals surface area contributed by atoms with Crippen molar-refractivity contribution in [3.63, 3.8) is 0 Å². The lowest BCUT2D eigenvalue weighted by molar-refractivity contribution is -0.118. The second kappa shape index (κ2) is 7.23. The van der Waals surface area contributed by atoms with Crippen LogP contribution in [0, 0.1) is 0 Å². The fraction of sp³-hybridized carbons (Fsp3) is 0.500. The van der Waals surface area contributed by atoms with Crippen molar-refractivity contribution in [2.75, 3.05) is 37.9 Å². The van der Waals surface area contributed by atoms with Crippen molar-refractivity contribution in [1.29, 1.82) is 0 Å². The van der Waals surface area contributed by atoms with Crippen LogP contribution in [0.25, 0.3) is 0 Å². The number of morpholine rings is 1. The molecule has 2 rings (SSSR count).